The van der Waals surface area contributed by atoms with Crippen molar-refractivity contribution in [3.63, 3.8) is 0 Å². The molecule has 1 fully saturated rings. The van der Waals surface area contributed by atoms with Crippen molar-refractivity contribution < 1.29 is 4.79 Å². The number of amides is 1. The number of carbonyl (C=O) groups is 1. The Bertz CT molecular complexity index is 560. The van der Waals surface area contributed by atoms with Crippen molar-refractivity contribution in [2.24, 2.45) is 11.8 Å². The highest BCUT2D eigenvalue weighted by atomic mass is 79.9. The zero-order valence-corrected chi connectivity index (χ0v) is 16.0. The summed E-state index contributed by atoms with van der Waals surface area (Å²) in [5, 5.41) is 6.69. The van der Waals surface area contributed by atoms with E-state index in [0.717, 1.165) is 29.7 Å². The van der Waals surface area contributed by atoms with E-state index in [1.54, 1.807) is 0 Å². The van der Waals surface area contributed by atoms with Crippen molar-refractivity contribution in [2.45, 2.75) is 43.5 Å². The van der Waals surface area contributed by atoms with E-state index in [2.05, 4.69) is 51.7 Å². The van der Waals surface area contributed by atoms with Gasteiger partial charge in [-0.15, -0.1) is 11.8 Å². The van der Waals surface area contributed by atoms with E-state index in [9.17, 15) is 4.79 Å². The minimum absolute atomic E-state index is 0.143. The van der Waals surface area contributed by atoms with Crippen molar-refractivity contribution in [1.82, 2.24) is 10.6 Å². The average Bonchev–Trinajstić information content (AvgIpc) is 2.57. The van der Waals surface area contributed by atoms with Crippen LogP contribution in [0.15, 0.2) is 27.6 Å². The number of rotatable bonds is 4. The smallest absolute Gasteiger partial charge is 0.220 e. The second-order valence-electron chi connectivity index (χ2n) is 6.75. The Morgan fingerprint density at radius 1 is 1.39 bits per heavy atom. The molecule has 2 N–H and O–H groups in total. The lowest BCUT2D eigenvalue weighted by Crippen LogP contribution is -2.36. The Morgan fingerprint density at radius 2 is 2.17 bits per heavy atom. The van der Waals surface area contributed by atoms with Gasteiger partial charge < -0.3 is 10.6 Å². The monoisotopic (exact) mass is 396 g/mol. The number of thioether (sulfide) groups is 1. The maximum absolute atomic E-state index is 12.4. The highest BCUT2D eigenvalue weighted by Crippen LogP contribution is 2.40. The Labute approximate surface area is 151 Å². The molecule has 1 saturated heterocycles. The molecular weight excluding hydrogens is 372 g/mol. The van der Waals surface area contributed by atoms with Gasteiger partial charge in [0, 0.05) is 21.5 Å². The summed E-state index contributed by atoms with van der Waals surface area (Å²) >= 11 is 5.45. The molecule has 0 radical (unpaired) electrons. The zero-order valence-electron chi connectivity index (χ0n) is 13.6. The van der Waals surface area contributed by atoms with E-state index in [-0.39, 0.29) is 11.9 Å². The molecule has 2 unspecified atom stereocenters. The molecule has 3 nitrogen and oxygen atoms in total. The summed E-state index contributed by atoms with van der Waals surface area (Å²) in [5.41, 5.74) is 1.26. The Kier molecular flexibility index (Phi) is 6.05. The summed E-state index contributed by atoms with van der Waals surface area (Å²) in [6.45, 7) is 4.43. The summed E-state index contributed by atoms with van der Waals surface area (Å²) in [5.74, 6) is 2.44. The summed E-state index contributed by atoms with van der Waals surface area (Å²) < 4.78 is 1.08. The van der Waals surface area contributed by atoms with Gasteiger partial charge in [-0.1, -0.05) is 22.9 Å². The van der Waals surface area contributed by atoms with Crippen LogP contribution in [0.3, 0.4) is 0 Å². The number of fused-ring (bicyclic) bond motifs is 1. The number of nitrogens with one attached hydrogen (secondary N) is 2. The summed E-state index contributed by atoms with van der Waals surface area (Å²) in [6.07, 6.45) is 4.10. The van der Waals surface area contributed by atoms with Gasteiger partial charge in [0.1, 0.15) is 0 Å². The van der Waals surface area contributed by atoms with E-state index in [4.69, 9.17) is 0 Å². The molecule has 0 bridgehead atoms. The first-order valence-corrected chi connectivity index (χ1v) is 10.3. The van der Waals surface area contributed by atoms with E-state index >= 15 is 0 Å². The number of carbonyl (C=O) groups excluding carboxylic acids is 1. The molecule has 0 aromatic heterocycles. The summed E-state index contributed by atoms with van der Waals surface area (Å²) in [6, 6.07) is 6.54. The molecule has 2 heterocycles. The third kappa shape index (κ3) is 4.52. The molecule has 2 aliphatic heterocycles. The lowest BCUT2D eigenvalue weighted by atomic mass is 9.92. The van der Waals surface area contributed by atoms with Gasteiger partial charge in [0.15, 0.2) is 0 Å². The number of hydrogen-bond acceptors (Lipinski definition) is 3. The number of halogens is 1. The van der Waals surface area contributed by atoms with Gasteiger partial charge in [0.25, 0.3) is 0 Å². The van der Waals surface area contributed by atoms with Crippen molar-refractivity contribution in [3.8, 4) is 0 Å². The molecule has 2 aliphatic rings. The Morgan fingerprint density at radius 3 is 2.96 bits per heavy atom. The third-order valence-corrected chi connectivity index (χ3v) is 6.80. The third-order valence-electron chi connectivity index (χ3n) is 4.93. The van der Waals surface area contributed by atoms with Crippen LogP contribution in [0.5, 0.6) is 0 Å². The molecule has 126 valence electrons. The van der Waals surface area contributed by atoms with Gasteiger partial charge in [-0.25, -0.2) is 0 Å². The first-order chi connectivity index (χ1) is 11.1. The van der Waals surface area contributed by atoms with Crippen molar-refractivity contribution in [2.75, 3.05) is 18.8 Å². The SMILES string of the molecule is CC1CSc2ccc(Br)cc2C1NC(=O)CCC1CCNCC1. The molecule has 0 spiro atoms. The lowest BCUT2D eigenvalue weighted by Gasteiger charge is -2.32. The van der Waals surface area contributed by atoms with Crippen molar-refractivity contribution in [1.29, 1.82) is 0 Å². The molecule has 0 saturated carbocycles. The van der Waals surface area contributed by atoms with Crippen LogP contribution < -0.4 is 10.6 Å². The highest BCUT2D eigenvalue weighted by Gasteiger charge is 2.28. The van der Waals surface area contributed by atoms with Crippen LogP contribution in [0, 0.1) is 11.8 Å². The molecule has 1 amide bonds. The van der Waals surface area contributed by atoms with Crippen LogP contribution >= 0.6 is 27.7 Å². The molecule has 23 heavy (non-hydrogen) atoms. The van der Waals surface area contributed by atoms with Gasteiger partial charge in [0.05, 0.1) is 6.04 Å². The van der Waals surface area contributed by atoms with E-state index in [0.29, 0.717) is 18.3 Å². The predicted molar refractivity (Wildman–Crippen MR) is 99.7 cm³/mol. The number of hydrogen-bond donors (Lipinski definition) is 2. The highest BCUT2D eigenvalue weighted by molar-refractivity contribution is 9.10. The minimum atomic E-state index is 0.143. The van der Waals surface area contributed by atoms with Crippen LogP contribution in [0.2, 0.25) is 0 Å². The van der Waals surface area contributed by atoms with Crippen LogP contribution in [-0.2, 0) is 4.79 Å². The van der Waals surface area contributed by atoms with Gasteiger partial charge >= 0.3 is 0 Å². The number of piperidine rings is 1. The second-order valence-corrected chi connectivity index (χ2v) is 8.73. The molecule has 5 heteroatoms. The van der Waals surface area contributed by atoms with Crippen LogP contribution in [0.4, 0.5) is 0 Å². The number of benzene rings is 1. The van der Waals surface area contributed by atoms with Crippen molar-refractivity contribution >= 4 is 33.6 Å². The molecule has 1 aromatic rings. The molecular formula is C18H25BrN2OS. The maximum atomic E-state index is 12.4. The quantitative estimate of drug-likeness (QED) is 0.803. The molecule has 3 rings (SSSR count). The van der Waals surface area contributed by atoms with Gasteiger partial charge in [-0.3, -0.25) is 4.79 Å². The largest absolute Gasteiger partial charge is 0.349 e. The normalized spacial score (nSPS) is 25.0. The van der Waals surface area contributed by atoms with Gasteiger partial charge in [0.2, 0.25) is 5.91 Å². The maximum Gasteiger partial charge on any atom is 0.220 e. The van der Waals surface area contributed by atoms with E-state index in [1.165, 1.54) is 23.3 Å². The van der Waals surface area contributed by atoms with Crippen LogP contribution in [-0.4, -0.2) is 24.7 Å². The average molecular weight is 397 g/mol. The molecule has 2 atom stereocenters. The van der Waals surface area contributed by atoms with Gasteiger partial charge in [-0.05, 0) is 68.0 Å². The Hall–Kier alpha value is -0.520. The topological polar surface area (TPSA) is 41.1 Å². The summed E-state index contributed by atoms with van der Waals surface area (Å²) in [7, 11) is 0. The summed E-state index contributed by atoms with van der Waals surface area (Å²) in [4.78, 5) is 13.7. The standard InChI is InChI=1S/C18H25BrN2OS/c1-12-11-23-16-4-3-14(19)10-15(16)18(12)21-17(22)5-2-13-6-8-20-9-7-13/h3-4,10,12-13,18,20H,2,5-9,11H2,1H3,(H,21,22). The van der Waals surface area contributed by atoms with E-state index in [1.807, 2.05) is 11.8 Å². The zero-order chi connectivity index (χ0) is 16.2. The van der Waals surface area contributed by atoms with Crippen LogP contribution in [0.1, 0.15) is 44.2 Å². The van der Waals surface area contributed by atoms with E-state index < -0.39 is 0 Å². The first-order valence-electron chi connectivity index (χ1n) is 8.56. The fourth-order valence-corrected chi connectivity index (χ4v) is 5.02. The lowest BCUT2D eigenvalue weighted by molar-refractivity contribution is -0.122. The minimum Gasteiger partial charge on any atom is -0.349 e. The first kappa shape index (κ1) is 17.3. The van der Waals surface area contributed by atoms with Crippen LogP contribution in [0.25, 0.3) is 0 Å². The second kappa shape index (κ2) is 8.04. The predicted octanol–water partition coefficient (Wildman–Crippen LogP) is 4.13. The molecule has 1 aromatic carbocycles. The molecule has 0 aliphatic carbocycles. The fraction of sp³-hybridized carbons (Fsp3) is 0.611. The van der Waals surface area contributed by atoms with Crippen molar-refractivity contribution in [3.05, 3.63) is 28.2 Å². The van der Waals surface area contributed by atoms with Gasteiger partial charge in [-0.2, -0.15) is 0 Å². The Balaban J connectivity index is 1.60. The fourth-order valence-electron chi connectivity index (χ4n) is 3.49.